The van der Waals surface area contributed by atoms with Crippen molar-refractivity contribution < 1.29 is 4.79 Å². The molecule has 2 aliphatic heterocycles. The van der Waals surface area contributed by atoms with Gasteiger partial charge < -0.3 is 20.0 Å². The minimum absolute atomic E-state index is 0.0870. The number of piperidine rings is 1. The highest BCUT2D eigenvalue weighted by Gasteiger charge is 2.29. The number of nitrogens with one attached hydrogen (secondary N) is 1. The van der Waals surface area contributed by atoms with Crippen molar-refractivity contribution in [3.8, 4) is 11.1 Å². The molecule has 3 aromatic heterocycles. The molecule has 2 fully saturated rings. The average molecular weight is 615 g/mol. The number of piperazine rings is 1. The second-order valence-electron chi connectivity index (χ2n) is 11.8. The summed E-state index contributed by atoms with van der Waals surface area (Å²) in [6.07, 6.45) is 3.75. The Morgan fingerprint density at radius 1 is 1.05 bits per heavy atom. The van der Waals surface area contributed by atoms with Crippen LogP contribution in [0.2, 0.25) is 5.02 Å². The SMILES string of the molecule is CCC(=O)N1CCC[C@H](n2c(=O)c(-c3ccccc3Cl)c(C)c3cnc(Nc4ccc(N5CCN(C)CC5)c(C)n4)nc32)C1. The second-order valence-corrected chi connectivity index (χ2v) is 12.2. The Balaban J connectivity index is 1.42. The molecule has 44 heavy (non-hydrogen) atoms. The number of likely N-dealkylation sites (N-methyl/N-ethyl adjacent to an activating group) is 1. The van der Waals surface area contributed by atoms with E-state index in [9.17, 15) is 9.59 Å². The molecule has 1 N–H and O–H groups in total. The number of aromatic nitrogens is 4. The van der Waals surface area contributed by atoms with E-state index in [0.29, 0.717) is 53.1 Å². The number of likely N-dealkylation sites (tertiary alicyclic amines) is 1. The first-order chi connectivity index (χ1) is 21.2. The third-order valence-corrected chi connectivity index (χ3v) is 9.24. The maximum atomic E-state index is 14.4. The first kappa shape index (κ1) is 30.0. The highest BCUT2D eigenvalue weighted by atomic mass is 35.5. The van der Waals surface area contributed by atoms with E-state index in [1.165, 1.54) is 0 Å². The predicted octanol–water partition coefficient (Wildman–Crippen LogP) is 5.19. The Kier molecular flexibility index (Phi) is 8.55. The lowest BCUT2D eigenvalue weighted by Crippen LogP contribution is -2.44. The molecular weight excluding hydrogens is 576 g/mol. The molecule has 0 saturated carbocycles. The van der Waals surface area contributed by atoms with Gasteiger partial charge in [-0.25, -0.2) is 9.97 Å². The van der Waals surface area contributed by atoms with Crippen molar-refractivity contribution in [2.45, 2.75) is 46.1 Å². The third kappa shape index (κ3) is 5.76. The summed E-state index contributed by atoms with van der Waals surface area (Å²) in [7, 11) is 2.15. The standard InChI is InChI=1S/C33H39ClN8O2/c1-5-29(43)41-14-8-9-23(20-41)42-31-25(21(2)30(32(42)44)24-10-6-7-11-26(24)34)19-35-33(38-31)37-28-13-12-27(22(3)36-28)40-17-15-39(4)16-18-40/h6-7,10-13,19,23H,5,8-9,14-18,20H2,1-4H3,(H,35,36,37,38)/t23-/m0/s1. The van der Waals surface area contributed by atoms with Gasteiger partial charge in [0.2, 0.25) is 11.9 Å². The minimum atomic E-state index is -0.234. The maximum Gasteiger partial charge on any atom is 0.260 e. The van der Waals surface area contributed by atoms with E-state index < -0.39 is 0 Å². The van der Waals surface area contributed by atoms with Crippen LogP contribution in [0.1, 0.15) is 43.5 Å². The number of aryl methyl sites for hydroxylation is 2. The van der Waals surface area contributed by atoms with Crippen LogP contribution >= 0.6 is 11.6 Å². The summed E-state index contributed by atoms with van der Waals surface area (Å²) in [5.41, 5.74) is 4.39. The zero-order chi connectivity index (χ0) is 31.0. The average Bonchev–Trinajstić information content (AvgIpc) is 3.02. The summed E-state index contributed by atoms with van der Waals surface area (Å²) < 4.78 is 1.76. The number of rotatable bonds is 6. The molecule has 230 valence electrons. The zero-order valence-electron chi connectivity index (χ0n) is 25.8. The molecular formula is C33H39ClN8O2. The van der Waals surface area contributed by atoms with Gasteiger partial charge in [-0.05, 0) is 57.5 Å². The van der Waals surface area contributed by atoms with E-state index in [2.05, 4.69) is 33.2 Å². The number of amides is 1. The number of carbonyl (C=O) groups is 1. The van der Waals surface area contributed by atoms with Gasteiger partial charge in [0.15, 0.2) is 0 Å². The van der Waals surface area contributed by atoms with Crippen molar-refractivity contribution in [3.63, 3.8) is 0 Å². The van der Waals surface area contributed by atoms with Gasteiger partial charge in [0.05, 0.1) is 23.0 Å². The molecule has 2 aliphatic rings. The monoisotopic (exact) mass is 614 g/mol. The van der Waals surface area contributed by atoms with E-state index >= 15 is 0 Å². The number of pyridine rings is 2. The fraction of sp³-hybridized carbons (Fsp3) is 0.424. The van der Waals surface area contributed by atoms with Crippen LogP contribution < -0.4 is 15.8 Å². The van der Waals surface area contributed by atoms with Crippen LogP contribution in [0.25, 0.3) is 22.2 Å². The Labute approximate surface area is 262 Å². The first-order valence-electron chi connectivity index (χ1n) is 15.4. The number of hydrogen-bond acceptors (Lipinski definition) is 8. The molecule has 5 heterocycles. The molecule has 6 rings (SSSR count). The number of fused-ring (bicyclic) bond motifs is 1. The van der Waals surface area contributed by atoms with E-state index in [-0.39, 0.29) is 17.5 Å². The van der Waals surface area contributed by atoms with E-state index in [0.717, 1.165) is 61.4 Å². The Morgan fingerprint density at radius 2 is 1.82 bits per heavy atom. The first-order valence-corrected chi connectivity index (χ1v) is 15.8. The van der Waals surface area contributed by atoms with Crippen molar-refractivity contribution in [1.29, 1.82) is 0 Å². The van der Waals surface area contributed by atoms with Crippen LogP contribution in [-0.4, -0.2) is 81.5 Å². The fourth-order valence-electron chi connectivity index (χ4n) is 6.45. The largest absolute Gasteiger partial charge is 0.368 e. The molecule has 11 heteroatoms. The molecule has 2 saturated heterocycles. The number of carbonyl (C=O) groups excluding carboxylic acids is 1. The quantitative estimate of drug-likeness (QED) is 0.317. The number of benzene rings is 1. The molecule has 1 aromatic carbocycles. The molecule has 10 nitrogen and oxygen atoms in total. The summed E-state index contributed by atoms with van der Waals surface area (Å²) in [6, 6.07) is 11.2. The lowest BCUT2D eigenvalue weighted by atomic mass is 9.98. The van der Waals surface area contributed by atoms with E-state index in [4.69, 9.17) is 21.6 Å². The highest BCUT2D eigenvalue weighted by molar-refractivity contribution is 6.33. The summed E-state index contributed by atoms with van der Waals surface area (Å²) in [5, 5.41) is 4.54. The van der Waals surface area contributed by atoms with Crippen molar-refractivity contribution >= 4 is 46.0 Å². The van der Waals surface area contributed by atoms with Crippen LogP contribution in [0, 0.1) is 13.8 Å². The van der Waals surface area contributed by atoms with Crippen molar-refractivity contribution in [2.75, 3.05) is 56.5 Å². The molecule has 0 aliphatic carbocycles. The van der Waals surface area contributed by atoms with Gasteiger partial charge in [0, 0.05) is 67.9 Å². The highest BCUT2D eigenvalue weighted by Crippen LogP contribution is 2.34. The van der Waals surface area contributed by atoms with Crippen LogP contribution in [0.4, 0.5) is 17.5 Å². The fourth-order valence-corrected chi connectivity index (χ4v) is 6.68. The molecule has 4 aromatic rings. The van der Waals surface area contributed by atoms with Gasteiger partial charge in [-0.15, -0.1) is 0 Å². The van der Waals surface area contributed by atoms with Crippen molar-refractivity contribution in [3.05, 3.63) is 69.2 Å². The molecule has 1 atom stereocenters. The Bertz CT molecular complexity index is 1770. The maximum absolute atomic E-state index is 14.4. The normalized spacial score (nSPS) is 17.7. The molecule has 0 bridgehead atoms. The summed E-state index contributed by atoms with van der Waals surface area (Å²) in [6.45, 7) is 10.9. The molecule has 0 radical (unpaired) electrons. The van der Waals surface area contributed by atoms with Gasteiger partial charge in [-0.3, -0.25) is 14.2 Å². The van der Waals surface area contributed by atoms with Crippen LogP contribution in [0.3, 0.4) is 0 Å². The van der Waals surface area contributed by atoms with Gasteiger partial charge in [-0.2, -0.15) is 4.98 Å². The smallest absolute Gasteiger partial charge is 0.260 e. The van der Waals surface area contributed by atoms with Crippen LogP contribution in [-0.2, 0) is 4.79 Å². The van der Waals surface area contributed by atoms with Gasteiger partial charge in [-0.1, -0.05) is 36.7 Å². The minimum Gasteiger partial charge on any atom is -0.368 e. The summed E-state index contributed by atoms with van der Waals surface area (Å²) in [4.78, 5) is 48.0. The van der Waals surface area contributed by atoms with Gasteiger partial charge >= 0.3 is 0 Å². The van der Waals surface area contributed by atoms with Crippen molar-refractivity contribution in [1.82, 2.24) is 29.3 Å². The number of anilines is 3. The van der Waals surface area contributed by atoms with Gasteiger partial charge in [0.1, 0.15) is 11.5 Å². The predicted molar refractivity (Wildman–Crippen MR) is 176 cm³/mol. The number of hydrogen-bond donors (Lipinski definition) is 1. The van der Waals surface area contributed by atoms with Crippen LogP contribution in [0.5, 0.6) is 0 Å². The van der Waals surface area contributed by atoms with E-state index in [1.807, 2.05) is 49.9 Å². The van der Waals surface area contributed by atoms with Crippen molar-refractivity contribution in [2.24, 2.45) is 0 Å². The van der Waals surface area contributed by atoms with E-state index in [1.54, 1.807) is 16.8 Å². The van der Waals surface area contributed by atoms with Gasteiger partial charge in [0.25, 0.3) is 5.56 Å². The number of halogens is 1. The third-order valence-electron chi connectivity index (χ3n) is 8.91. The Hall–Kier alpha value is -4.02. The van der Waals surface area contributed by atoms with Crippen LogP contribution in [0.15, 0.2) is 47.4 Å². The number of nitrogens with zero attached hydrogens (tertiary/aromatic N) is 7. The molecule has 0 unspecified atom stereocenters. The topological polar surface area (TPSA) is 99.5 Å². The summed E-state index contributed by atoms with van der Waals surface area (Å²) >= 11 is 6.62. The zero-order valence-corrected chi connectivity index (χ0v) is 26.6. The molecule has 1 amide bonds. The summed E-state index contributed by atoms with van der Waals surface area (Å²) in [5.74, 6) is 1.08. The molecule has 0 spiro atoms. The lowest BCUT2D eigenvalue weighted by Gasteiger charge is -2.34. The lowest BCUT2D eigenvalue weighted by molar-refractivity contribution is -0.132. The second kappa shape index (κ2) is 12.5. The Morgan fingerprint density at radius 3 is 2.55 bits per heavy atom.